The SMILES string of the molecule is COc1cc(CC(=O)Nc2cc([C@@H]3CC[C@H](N(C(=O)O)C4CCOCC4)C3)[nH]n2)ccn1. The summed E-state index contributed by atoms with van der Waals surface area (Å²) in [6.45, 7) is 1.22. The molecule has 0 radical (unpaired) electrons. The summed E-state index contributed by atoms with van der Waals surface area (Å²) >= 11 is 0. The van der Waals surface area contributed by atoms with Crippen molar-refractivity contribution in [2.24, 2.45) is 0 Å². The van der Waals surface area contributed by atoms with Gasteiger partial charge in [-0.15, -0.1) is 0 Å². The van der Waals surface area contributed by atoms with E-state index >= 15 is 0 Å². The highest BCUT2D eigenvalue weighted by Crippen LogP contribution is 2.38. The minimum absolute atomic E-state index is 0.0105. The van der Waals surface area contributed by atoms with E-state index in [-0.39, 0.29) is 30.3 Å². The summed E-state index contributed by atoms with van der Waals surface area (Å²) in [4.78, 5) is 30.0. The molecule has 172 valence electrons. The third kappa shape index (κ3) is 5.18. The van der Waals surface area contributed by atoms with Crippen LogP contribution in [0.25, 0.3) is 0 Å². The number of hydrogen-bond acceptors (Lipinski definition) is 6. The fourth-order valence-corrected chi connectivity index (χ4v) is 4.72. The van der Waals surface area contributed by atoms with Gasteiger partial charge in [0.15, 0.2) is 5.82 Å². The van der Waals surface area contributed by atoms with Gasteiger partial charge in [-0.3, -0.25) is 9.89 Å². The van der Waals surface area contributed by atoms with Crippen molar-refractivity contribution in [2.75, 3.05) is 25.6 Å². The number of nitrogens with one attached hydrogen (secondary N) is 2. The predicted molar refractivity (Wildman–Crippen MR) is 116 cm³/mol. The summed E-state index contributed by atoms with van der Waals surface area (Å²) in [5, 5.41) is 19.9. The number of pyridine rings is 1. The molecule has 1 aliphatic heterocycles. The lowest BCUT2D eigenvalue weighted by atomic mass is 10.0. The molecule has 32 heavy (non-hydrogen) atoms. The van der Waals surface area contributed by atoms with E-state index in [0.717, 1.165) is 43.4 Å². The fraction of sp³-hybridized carbons (Fsp3) is 0.545. The quantitative estimate of drug-likeness (QED) is 0.600. The number of nitrogens with zero attached hydrogens (tertiary/aromatic N) is 3. The van der Waals surface area contributed by atoms with E-state index in [0.29, 0.717) is 24.9 Å². The number of methoxy groups -OCH3 is 1. The molecule has 10 nitrogen and oxygen atoms in total. The number of amides is 2. The Hall–Kier alpha value is -3.14. The van der Waals surface area contributed by atoms with Crippen molar-refractivity contribution in [2.45, 2.75) is 56.5 Å². The van der Waals surface area contributed by atoms with E-state index < -0.39 is 6.09 Å². The minimum atomic E-state index is -0.854. The van der Waals surface area contributed by atoms with Crippen molar-refractivity contribution < 1.29 is 24.2 Å². The molecule has 10 heteroatoms. The van der Waals surface area contributed by atoms with Crippen LogP contribution in [0.1, 0.15) is 49.3 Å². The van der Waals surface area contributed by atoms with Crippen molar-refractivity contribution in [3.63, 3.8) is 0 Å². The highest BCUT2D eigenvalue weighted by molar-refractivity contribution is 5.91. The van der Waals surface area contributed by atoms with Gasteiger partial charge in [-0.05, 0) is 43.7 Å². The number of anilines is 1. The maximum absolute atomic E-state index is 12.4. The van der Waals surface area contributed by atoms with E-state index in [4.69, 9.17) is 9.47 Å². The van der Waals surface area contributed by atoms with Crippen LogP contribution in [0.4, 0.5) is 10.6 Å². The molecule has 2 aliphatic rings. The number of aromatic nitrogens is 3. The average Bonchev–Trinajstić information content (AvgIpc) is 3.44. The molecule has 3 N–H and O–H groups in total. The van der Waals surface area contributed by atoms with Gasteiger partial charge in [0.2, 0.25) is 11.8 Å². The Morgan fingerprint density at radius 3 is 2.81 bits per heavy atom. The fourth-order valence-electron chi connectivity index (χ4n) is 4.72. The van der Waals surface area contributed by atoms with Crippen LogP contribution in [0.3, 0.4) is 0 Å². The monoisotopic (exact) mass is 443 g/mol. The first-order chi connectivity index (χ1) is 15.5. The second-order valence-electron chi connectivity index (χ2n) is 8.34. The Bertz CT molecular complexity index is 942. The third-order valence-electron chi connectivity index (χ3n) is 6.28. The zero-order chi connectivity index (χ0) is 22.5. The summed E-state index contributed by atoms with van der Waals surface area (Å²) in [6.07, 6.45) is 4.87. The summed E-state index contributed by atoms with van der Waals surface area (Å²) in [7, 11) is 1.53. The number of H-pyrrole nitrogens is 1. The zero-order valence-corrected chi connectivity index (χ0v) is 18.1. The lowest BCUT2D eigenvalue weighted by molar-refractivity contribution is -0.115. The van der Waals surface area contributed by atoms with Gasteiger partial charge >= 0.3 is 6.09 Å². The number of ether oxygens (including phenoxy) is 2. The van der Waals surface area contributed by atoms with E-state index in [1.807, 2.05) is 6.07 Å². The summed E-state index contributed by atoms with van der Waals surface area (Å²) in [6, 6.07) is 5.35. The van der Waals surface area contributed by atoms with E-state index in [9.17, 15) is 14.7 Å². The van der Waals surface area contributed by atoms with Crippen LogP contribution in [-0.4, -0.2) is 69.6 Å². The first kappa shape index (κ1) is 22.1. The lowest BCUT2D eigenvalue weighted by Crippen LogP contribution is -2.47. The van der Waals surface area contributed by atoms with Crippen molar-refractivity contribution >= 4 is 17.8 Å². The molecular weight excluding hydrogens is 414 g/mol. The minimum Gasteiger partial charge on any atom is -0.481 e. The third-order valence-corrected chi connectivity index (χ3v) is 6.28. The van der Waals surface area contributed by atoms with Crippen molar-refractivity contribution in [1.29, 1.82) is 0 Å². The summed E-state index contributed by atoms with van der Waals surface area (Å²) in [5.74, 6) is 0.930. The van der Waals surface area contributed by atoms with Crippen molar-refractivity contribution in [1.82, 2.24) is 20.1 Å². The number of hydrogen-bond donors (Lipinski definition) is 3. The van der Waals surface area contributed by atoms with E-state index in [2.05, 4.69) is 20.5 Å². The highest BCUT2D eigenvalue weighted by atomic mass is 16.5. The van der Waals surface area contributed by atoms with E-state index in [1.54, 1.807) is 23.2 Å². The number of aromatic amines is 1. The number of rotatable bonds is 7. The average molecular weight is 444 g/mol. The highest BCUT2D eigenvalue weighted by Gasteiger charge is 2.37. The van der Waals surface area contributed by atoms with Crippen molar-refractivity contribution in [3.05, 3.63) is 35.7 Å². The molecular formula is C22H29N5O5. The van der Waals surface area contributed by atoms with Gasteiger partial charge in [0, 0.05) is 55.2 Å². The molecule has 4 rings (SSSR count). The van der Waals surface area contributed by atoms with Gasteiger partial charge in [-0.25, -0.2) is 9.78 Å². The molecule has 2 atom stereocenters. The van der Waals surface area contributed by atoms with Crippen LogP contribution in [0, 0.1) is 0 Å². The number of carboxylic acid groups (broad SMARTS) is 1. The number of carbonyl (C=O) groups is 2. The molecule has 2 fully saturated rings. The van der Waals surface area contributed by atoms with Crippen LogP contribution < -0.4 is 10.1 Å². The standard InChI is InChI=1S/C22H29N5O5/c1-31-21-11-14(4-7-23-21)10-20(28)24-19-13-18(25-26-19)15-2-3-17(12-15)27(22(29)30)16-5-8-32-9-6-16/h4,7,11,13,15-17H,2-3,5-6,8-10,12H2,1H3,(H,29,30)(H2,24,25,26,28)/t15-,17+/m1/s1. The Morgan fingerprint density at radius 1 is 1.25 bits per heavy atom. The molecule has 2 aromatic heterocycles. The molecule has 1 saturated carbocycles. The summed E-state index contributed by atoms with van der Waals surface area (Å²) in [5.41, 5.74) is 1.72. The van der Waals surface area contributed by atoms with Crippen LogP contribution in [-0.2, 0) is 16.0 Å². The van der Waals surface area contributed by atoms with Gasteiger partial charge in [0.1, 0.15) is 0 Å². The molecule has 1 saturated heterocycles. The Balaban J connectivity index is 1.34. The van der Waals surface area contributed by atoms with Crippen LogP contribution in [0.2, 0.25) is 0 Å². The maximum Gasteiger partial charge on any atom is 0.407 e. The van der Waals surface area contributed by atoms with Gasteiger partial charge in [-0.2, -0.15) is 5.10 Å². The normalized spacial score (nSPS) is 21.3. The molecule has 3 heterocycles. The van der Waals surface area contributed by atoms with Crippen LogP contribution in [0.15, 0.2) is 24.4 Å². The molecule has 0 spiro atoms. The maximum atomic E-state index is 12.4. The van der Waals surface area contributed by atoms with Crippen molar-refractivity contribution in [3.8, 4) is 5.88 Å². The molecule has 0 unspecified atom stereocenters. The second-order valence-corrected chi connectivity index (χ2v) is 8.34. The van der Waals surface area contributed by atoms with Crippen LogP contribution >= 0.6 is 0 Å². The lowest BCUT2D eigenvalue weighted by Gasteiger charge is -2.36. The zero-order valence-electron chi connectivity index (χ0n) is 18.1. The molecule has 2 amide bonds. The van der Waals surface area contributed by atoms with Gasteiger partial charge in [0.05, 0.1) is 13.5 Å². The first-order valence-corrected chi connectivity index (χ1v) is 11.0. The smallest absolute Gasteiger partial charge is 0.407 e. The molecule has 0 bridgehead atoms. The van der Waals surface area contributed by atoms with Gasteiger partial charge in [-0.1, -0.05) is 0 Å². The van der Waals surface area contributed by atoms with Gasteiger partial charge < -0.3 is 24.8 Å². The predicted octanol–water partition coefficient (Wildman–Crippen LogP) is 2.79. The van der Waals surface area contributed by atoms with E-state index in [1.165, 1.54) is 7.11 Å². The number of carbonyl (C=O) groups excluding carboxylic acids is 1. The molecule has 1 aliphatic carbocycles. The molecule has 0 aromatic carbocycles. The Kier molecular flexibility index (Phi) is 6.89. The summed E-state index contributed by atoms with van der Waals surface area (Å²) < 4.78 is 10.5. The largest absolute Gasteiger partial charge is 0.481 e. The van der Waals surface area contributed by atoms with Gasteiger partial charge in [0.25, 0.3) is 0 Å². The second kappa shape index (κ2) is 9.99. The Morgan fingerprint density at radius 2 is 2.06 bits per heavy atom. The molecule has 2 aromatic rings. The topological polar surface area (TPSA) is 130 Å². The first-order valence-electron chi connectivity index (χ1n) is 11.0. The van der Waals surface area contributed by atoms with Crippen LogP contribution in [0.5, 0.6) is 5.88 Å². The Labute approximate surface area is 186 Å².